The van der Waals surface area contributed by atoms with Gasteiger partial charge < -0.3 is 14.8 Å². The monoisotopic (exact) mass is 517 g/mol. The second-order valence-electron chi connectivity index (χ2n) is 8.00. The molecule has 0 saturated carbocycles. The van der Waals surface area contributed by atoms with Crippen LogP contribution in [0.5, 0.6) is 11.5 Å². The lowest BCUT2D eigenvalue weighted by Crippen LogP contribution is -2.13. The number of nitrogens with zero attached hydrogens (tertiary/aromatic N) is 2. The molecule has 0 aliphatic rings. The summed E-state index contributed by atoms with van der Waals surface area (Å²) < 4.78 is 11.5. The van der Waals surface area contributed by atoms with Gasteiger partial charge in [0.15, 0.2) is 11.5 Å². The Bertz CT molecular complexity index is 1410. The van der Waals surface area contributed by atoms with Crippen molar-refractivity contribution in [2.24, 2.45) is 0 Å². The molecule has 0 saturated heterocycles. The summed E-state index contributed by atoms with van der Waals surface area (Å²) in [6.07, 6.45) is 3.59. The summed E-state index contributed by atoms with van der Waals surface area (Å²) in [7, 11) is 1.48. The maximum absolute atomic E-state index is 12.7. The van der Waals surface area contributed by atoms with Crippen LogP contribution in [0.3, 0.4) is 0 Å². The van der Waals surface area contributed by atoms with Crippen molar-refractivity contribution in [3.8, 4) is 17.6 Å². The van der Waals surface area contributed by atoms with Crippen LogP contribution in [0.4, 0.5) is 11.4 Å². The first kappa shape index (κ1) is 27.0. The fourth-order valence-corrected chi connectivity index (χ4v) is 3.62. The van der Waals surface area contributed by atoms with Gasteiger partial charge in [0.05, 0.1) is 12.0 Å². The van der Waals surface area contributed by atoms with Crippen molar-refractivity contribution in [1.82, 2.24) is 0 Å². The molecular formula is C28H24ClN3O5. The van der Waals surface area contributed by atoms with Gasteiger partial charge in [0.25, 0.3) is 11.6 Å². The van der Waals surface area contributed by atoms with Crippen molar-refractivity contribution in [3.63, 3.8) is 0 Å². The highest BCUT2D eigenvalue weighted by Gasteiger charge is 2.16. The normalized spacial score (nSPS) is 10.8. The summed E-state index contributed by atoms with van der Waals surface area (Å²) in [5.41, 5.74) is 3.25. The van der Waals surface area contributed by atoms with Crippen LogP contribution in [-0.4, -0.2) is 17.9 Å². The number of anilines is 1. The summed E-state index contributed by atoms with van der Waals surface area (Å²) in [6, 6.07) is 16.5. The predicted octanol–water partition coefficient (Wildman–Crippen LogP) is 6.42. The number of methoxy groups -OCH3 is 1. The largest absolute Gasteiger partial charge is 0.493 e. The third-order valence-corrected chi connectivity index (χ3v) is 5.78. The van der Waals surface area contributed by atoms with Gasteiger partial charge in [-0.2, -0.15) is 5.26 Å². The van der Waals surface area contributed by atoms with E-state index in [1.165, 1.54) is 25.3 Å². The van der Waals surface area contributed by atoms with Crippen molar-refractivity contribution < 1.29 is 19.2 Å². The van der Waals surface area contributed by atoms with Crippen molar-refractivity contribution in [2.75, 3.05) is 12.4 Å². The third-order valence-electron chi connectivity index (χ3n) is 5.37. The van der Waals surface area contributed by atoms with Crippen LogP contribution < -0.4 is 14.8 Å². The van der Waals surface area contributed by atoms with E-state index in [0.717, 1.165) is 16.7 Å². The number of amides is 1. The molecule has 9 heteroatoms. The number of allylic oxidation sites excluding steroid dienone is 1. The molecule has 0 spiro atoms. The lowest BCUT2D eigenvalue weighted by atomic mass is 10.0. The summed E-state index contributed by atoms with van der Waals surface area (Å²) in [4.78, 5) is 23.2. The van der Waals surface area contributed by atoms with E-state index in [1.807, 2.05) is 13.0 Å². The van der Waals surface area contributed by atoms with E-state index in [1.54, 1.807) is 48.5 Å². The Morgan fingerprint density at radius 2 is 1.95 bits per heavy atom. The van der Waals surface area contributed by atoms with Crippen LogP contribution >= 0.6 is 11.6 Å². The van der Waals surface area contributed by atoms with Crippen LogP contribution in [-0.2, 0) is 17.8 Å². The maximum Gasteiger partial charge on any atom is 0.269 e. The summed E-state index contributed by atoms with van der Waals surface area (Å²) in [6.45, 7) is 5.79. The van der Waals surface area contributed by atoms with Crippen LogP contribution in [0.25, 0.3) is 6.08 Å². The van der Waals surface area contributed by atoms with E-state index in [4.69, 9.17) is 21.1 Å². The van der Waals surface area contributed by atoms with E-state index in [-0.39, 0.29) is 17.9 Å². The molecule has 0 fully saturated rings. The van der Waals surface area contributed by atoms with Gasteiger partial charge in [0.1, 0.15) is 18.2 Å². The number of nitrogens with one attached hydrogen (secondary N) is 1. The van der Waals surface area contributed by atoms with Crippen LogP contribution in [0.1, 0.15) is 22.3 Å². The molecule has 0 heterocycles. The molecule has 0 aromatic heterocycles. The highest BCUT2D eigenvalue weighted by molar-refractivity contribution is 6.31. The number of nitro benzene ring substituents is 1. The molecule has 0 unspecified atom stereocenters. The molecule has 0 radical (unpaired) electrons. The number of hydrogen-bond acceptors (Lipinski definition) is 6. The molecule has 0 aliphatic carbocycles. The highest BCUT2D eigenvalue weighted by Crippen LogP contribution is 2.35. The Labute approximate surface area is 219 Å². The Balaban J connectivity index is 1.87. The molecule has 188 valence electrons. The number of non-ortho nitro benzene ring substituents is 1. The van der Waals surface area contributed by atoms with Gasteiger partial charge in [-0.25, -0.2) is 0 Å². The first-order chi connectivity index (χ1) is 17.7. The standard InChI is InChI=1S/C28H24ClN3O5/c1-4-5-21-12-20(13-22(16-30)28(33)31-23-9-6-18(2)25(29)15-23)14-26(36-3)27(21)37-17-19-7-10-24(11-8-19)32(34)35/h4,6-15H,1,5,17H2,2-3H3,(H,31,33)/b22-13-. The molecule has 1 N–H and O–H groups in total. The number of aryl methyl sites for hydroxylation is 1. The zero-order valence-corrected chi connectivity index (χ0v) is 21.0. The van der Waals surface area contributed by atoms with E-state index < -0.39 is 10.8 Å². The molecule has 37 heavy (non-hydrogen) atoms. The van der Waals surface area contributed by atoms with Gasteiger partial charge in [-0.3, -0.25) is 14.9 Å². The third kappa shape index (κ3) is 6.97. The van der Waals surface area contributed by atoms with Crippen molar-refractivity contribution in [1.29, 1.82) is 5.26 Å². The highest BCUT2D eigenvalue weighted by atomic mass is 35.5. The number of nitriles is 1. The Kier molecular flexibility index (Phi) is 9.03. The first-order valence-corrected chi connectivity index (χ1v) is 11.5. The average molecular weight is 518 g/mol. The second-order valence-corrected chi connectivity index (χ2v) is 8.41. The summed E-state index contributed by atoms with van der Waals surface area (Å²) in [5.74, 6) is 0.288. The van der Waals surface area contributed by atoms with Crippen LogP contribution in [0.15, 0.2) is 72.8 Å². The lowest BCUT2D eigenvalue weighted by Gasteiger charge is -2.16. The molecule has 1 amide bonds. The predicted molar refractivity (Wildman–Crippen MR) is 143 cm³/mol. The Morgan fingerprint density at radius 1 is 1.22 bits per heavy atom. The summed E-state index contributed by atoms with van der Waals surface area (Å²) in [5, 5.41) is 23.7. The number of ether oxygens (including phenoxy) is 2. The van der Waals surface area contributed by atoms with Crippen molar-refractivity contribution >= 4 is 35.0 Å². The molecule has 3 rings (SSSR count). The number of hydrogen-bond donors (Lipinski definition) is 1. The van der Waals surface area contributed by atoms with Crippen molar-refractivity contribution in [3.05, 3.63) is 110 Å². The smallest absolute Gasteiger partial charge is 0.269 e. The summed E-state index contributed by atoms with van der Waals surface area (Å²) >= 11 is 6.13. The molecule has 0 aliphatic heterocycles. The number of carbonyl (C=O) groups excluding carboxylic acids is 1. The SMILES string of the molecule is C=CCc1cc(/C=C(/C#N)C(=O)Nc2ccc(C)c(Cl)c2)cc(OC)c1OCc1ccc([N+](=O)[O-])cc1. The van der Waals surface area contributed by atoms with E-state index in [9.17, 15) is 20.2 Å². The van der Waals surface area contributed by atoms with Crippen LogP contribution in [0, 0.1) is 28.4 Å². The van der Waals surface area contributed by atoms with Gasteiger partial charge in [0.2, 0.25) is 0 Å². The fraction of sp³-hybridized carbons (Fsp3) is 0.143. The molecular weight excluding hydrogens is 494 g/mol. The number of carbonyl (C=O) groups is 1. The minimum absolute atomic E-state index is 0.00683. The zero-order chi connectivity index (χ0) is 26.9. The van der Waals surface area contributed by atoms with Crippen molar-refractivity contribution in [2.45, 2.75) is 20.0 Å². The molecule has 0 bridgehead atoms. The van der Waals surface area contributed by atoms with Gasteiger partial charge in [-0.05, 0) is 72.5 Å². The molecule has 3 aromatic carbocycles. The van der Waals surface area contributed by atoms with Crippen LogP contribution in [0.2, 0.25) is 5.02 Å². The number of nitro groups is 1. The van der Waals surface area contributed by atoms with E-state index >= 15 is 0 Å². The van der Waals surface area contributed by atoms with E-state index in [2.05, 4.69) is 11.9 Å². The average Bonchev–Trinajstić information content (AvgIpc) is 2.88. The fourth-order valence-electron chi connectivity index (χ4n) is 3.44. The van der Waals surface area contributed by atoms with Gasteiger partial charge in [-0.1, -0.05) is 23.7 Å². The second kappa shape index (κ2) is 12.4. The molecule has 8 nitrogen and oxygen atoms in total. The van der Waals surface area contributed by atoms with E-state index in [0.29, 0.717) is 34.2 Å². The molecule has 0 atom stereocenters. The Hall–Kier alpha value is -4.61. The Morgan fingerprint density at radius 3 is 2.54 bits per heavy atom. The first-order valence-electron chi connectivity index (χ1n) is 11.1. The zero-order valence-electron chi connectivity index (χ0n) is 20.3. The van der Waals surface area contributed by atoms with Gasteiger partial charge in [-0.15, -0.1) is 6.58 Å². The van der Waals surface area contributed by atoms with Gasteiger partial charge >= 0.3 is 0 Å². The number of rotatable bonds is 10. The maximum atomic E-state index is 12.7. The number of halogens is 1. The quantitative estimate of drug-likeness (QED) is 0.109. The minimum atomic E-state index is -0.579. The minimum Gasteiger partial charge on any atom is -0.493 e. The molecule has 3 aromatic rings. The topological polar surface area (TPSA) is 114 Å². The lowest BCUT2D eigenvalue weighted by molar-refractivity contribution is -0.384. The number of benzene rings is 3. The van der Waals surface area contributed by atoms with Gasteiger partial charge in [0, 0.05) is 28.4 Å².